The molecule has 11 heteroatoms. The number of rotatable bonds is 8. The number of nitrogens with zero attached hydrogens (tertiary/aromatic N) is 4. The van der Waals surface area contributed by atoms with E-state index in [0.29, 0.717) is 24.6 Å². The maximum atomic E-state index is 14.0. The van der Waals surface area contributed by atoms with Gasteiger partial charge in [-0.1, -0.05) is 6.07 Å². The van der Waals surface area contributed by atoms with Crippen LogP contribution >= 0.6 is 0 Å². The largest absolute Gasteiger partial charge is 0.492 e. The first-order valence-corrected chi connectivity index (χ1v) is 10.3. The summed E-state index contributed by atoms with van der Waals surface area (Å²) in [5.41, 5.74) is 0.453. The van der Waals surface area contributed by atoms with Gasteiger partial charge in [0, 0.05) is 31.4 Å². The molecule has 1 amide bonds. The van der Waals surface area contributed by atoms with Crippen molar-refractivity contribution in [2.24, 2.45) is 0 Å². The minimum absolute atomic E-state index is 0.00864. The van der Waals surface area contributed by atoms with E-state index in [1.54, 1.807) is 35.3 Å². The highest BCUT2D eigenvalue weighted by molar-refractivity contribution is 7.89. The lowest BCUT2D eigenvalue weighted by Gasteiger charge is -2.13. The fourth-order valence-electron chi connectivity index (χ4n) is 2.51. The van der Waals surface area contributed by atoms with Gasteiger partial charge in [0.2, 0.25) is 10.0 Å². The number of aromatic nitrogens is 3. The molecule has 158 valence electrons. The first-order valence-electron chi connectivity index (χ1n) is 8.86. The van der Waals surface area contributed by atoms with Crippen molar-refractivity contribution in [1.82, 2.24) is 19.1 Å². The van der Waals surface area contributed by atoms with E-state index in [1.165, 1.54) is 26.5 Å². The van der Waals surface area contributed by atoms with E-state index < -0.39 is 26.6 Å². The Morgan fingerprint density at radius 1 is 1.23 bits per heavy atom. The second kappa shape index (κ2) is 9.01. The zero-order valence-corrected chi connectivity index (χ0v) is 17.1. The van der Waals surface area contributed by atoms with Gasteiger partial charge in [0.15, 0.2) is 0 Å². The molecule has 0 bridgehead atoms. The van der Waals surface area contributed by atoms with Crippen molar-refractivity contribution in [3.05, 3.63) is 66.5 Å². The van der Waals surface area contributed by atoms with E-state index in [0.717, 1.165) is 16.4 Å². The second-order valence-corrected chi connectivity index (χ2v) is 8.54. The van der Waals surface area contributed by atoms with E-state index in [-0.39, 0.29) is 5.56 Å². The van der Waals surface area contributed by atoms with Crippen LogP contribution in [0.5, 0.6) is 5.75 Å². The molecule has 0 atom stereocenters. The lowest BCUT2D eigenvalue weighted by molar-refractivity contribution is 0.102. The Balaban J connectivity index is 1.70. The molecule has 9 nitrogen and oxygen atoms in total. The third-order valence-electron chi connectivity index (χ3n) is 4.10. The zero-order chi connectivity index (χ0) is 21.7. The van der Waals surface area contributed by atoms with Gasteiger partial charge in [-0.2, -0.15) is 5.10 Å². The van der Waals surface area contributed by atoms with E-state index in [9.17, 15) is 17.6 Å². The molecule has 0 aliphatic rings. The van der Waals surface area contributed by atoms with Crippen molar-refractivity contribution in [3.8, 4) is 5.75 Å². The van der Waals surface area contributed by atoms with Gasteiger partial charge < -0.3 is 10.1 Å². The van der Waals surface area contributed by atoms with Crippen molar-refractivity contribution in [3.63, 3.8) is 0 Å². The van der Waals surface area contributed by atoms with Crippen LogP contribution in [0, 0.1) is 5.82 Å². The molecule has 0 aliphatic carbocycles. The quantitative estimate of drug-likeness (QED) is 0.582. The van der Waals surface area contributed by atoms with Crippen LogP contribution in [0.3, 0.4) is 0 Å². The minimum Gasteiger partial charge on any atom is -0.492 e. The second-order valence-electron chi connectivity index (χ2n) is 6.42. The number of carbonyl (C=O) groups excluding carboxylic acids is 1. The molecular weight excluding hydrogens is 413 g/mol. The van der Waals surface area contributed by atoms with Crippen molar-refractivity contribution in [2.75, 3.05) is 26.0 Å². The van der Waals surface area contributed by atoms with Gasteiger partial charge in [-0.15, -0.1) is 0 Å². The average molecular weight is 433 g/mol. The Morgan fingerprint density at radius 3 is 2.73 bits per heavy atom. The molecule has 1 aromatic heterocycles. The maximum Gasteiger partial charge on any atom is 0.255 e. The Bertz CT molecular complexity index is 1130. The smallest absolute Gasteiger partial charge is 0.255 e. The summed E-state index contributed by atoms with van der Waals surface area (Å²) >= 11 is 0. The topological polar surface area (TPSA) is 106 Å². The maximum absolute atomic E-state index is 14.0. The summed E-state index contributed by atoms with van der Waals surface area (Å²) in [7, 11) is -1.45. The number of halogens is 1. The van der Waals surface area contributed by atoms with Gasteiger partial charge in [0.25, 0.3) is 5.91 Å². The van der Waals surface area contributed by atoms with Gasteiger partial charge in [-0.25, -0.2) is 26.8 Å². The highest BCUT2D eigenvalue weighted by atomic mass is 32.2. The number of amides is 1. The Morgan fingerprint density at radius 2 is 2.03 bits per heavy atom. The fourth-order valence-corrected chi connectivity index (χ4v) is 3.49. The van der Waals surface area contributed by atoms with E-state index >= 15 is 0 Å². The number of nitrogens with one attached hydrogen (secondary N) is 1. The summed E-state index contributed by atoms with van der Waals surface area (Å²) in [4.78, 5) is 15.8. The zero-order valence-electron chi connectivity index (χ0n) is 16.3. The molecule has 0 fully saturated rings. The van der Waals surface area contributed by atoms with Gasteiger partial charge in [-0.05, 0) is 30.3 Å². The van der Waals surface area contributed by atoms with Crippen molar-refractivity contribution < 1.29 is 22.3 Å². The van der Waals surface area contributed by atoms with Gasteiger partial charge >= 0.3 is 0 Å². The lowest BCUT2D eigenvalue weighted by atomic mass is 10.2. The first-order chi connectivity index (χ1) is 14.3. The molecule has 2 aromatic carbocycles. The third kappa shape index (κ3) is 4.99. The molecule has 0 unspecified atom stereocenters. The number of carbonyl (C=O) groups is 1. The minimum atomic E-state index is -4.03. The number of hydrogen-bond donors (Lipinski definition) is 1. The molecule has 3 aromatic rings. The van der Waals surface area contributed by atoms with Crippen LogP contribution in [0.4, 0.5) is 10.1 Å². The number of anilines is 1. The normalized spacial score (nSPS) is 11.5. The standard InChI is InChI=1S/C19H20FN5O4S/c1-24(2)30(27,28)18-10-14(6-7-17(18)20)19(26)23-15-4-3-5-16(11-15)29-9-8-25-13-21-12-22-25/h3-7,10-13H,8-9H2,1-2H3,(H,23,26). The van der Waals surface area contributed by atoms with Crippen LogP contribution in [-0.2, 0) is 16.6 Å². The molecule has 30 heavy (non-hydrogen) atoms. The number of benzene rings is 2. The van der Waals surface area contributed by atoms with Crippen LogP contribution in [0.1, 0.15) is 10.4 Å². The highest BCUT2D eigenvalue weighted by Gasteiger charge is 2.23. The van der Waals surface area contributed by atoms with Crippen LogP contribution in [0.2, 0.25) is 0 Å². The SMILES string of the molecule is CN(C)S(=O)(=O)c1cc(C(=O)Nc2cccc(OCCn3cncn3)c2)ccc1F. The van der Waals surface area contributed by atoms with E-state index in [2.05, 4.69) is 15.4 Å². The molecule has 1 heterocycles. The molecule has 0 saturated heterocycles. The Hall–Kier alpha value is -3.31. The summed E-state index contributed by atoms with van der Waals surface area (Å²) < 4.78 is 46.7. The highest BCUT2D eigenvalue weighted by Crippen LogP contribution is 2.21. The lowest BCUT2D eigenvalue weighted by Crippen LogP contribution is -2.24. The molecule has 0 spiro atoms. The van der Waals surface area contributed by atoms with Crippen molar-refractivity contribution in [1.29, 1.82) is 0 Å². The van der Waals surface area contributed by atoms with Crippen LogP contribution in [0.25, 0.3) is 0 Å². The van der Waals surface area contributed by atoms with Crippen LogP contribution < -0.4 is 10.1 Å². The van der Waals surface area contributed by atoms with Crippen LogP contribution in [0.15, 0.2) is 60.0 Å². The Labute approximate surface area is 173 Å². The van der Waals surface area contributed by atoms with Gasteiger partial charge in [-0.3, -0.25) is 4.79 Å². The van der Waals surface area contributed by atoms with Gasteiger partial charge in [0.05, 0.1) is 6.54 Å². The molecule has 1 N–H and O–H groups in total. The number of ether oxygens (including phenoxy) is 1. The molecule has 0 radical (unpaired) electrons. The third-order valence-corrected chi connectivity index (χ3v) is 5.93. The van der Waals surface area contributed by atoms with Crippen molar-refractivity contribution in [2.45, 2.75) is 11.4 Å². The summed E-state index contributed by atoms with van der Waals surface area (Å²) in [6.07, 6.45) is 3.01. The number of sulfonamides is 1. The van der Waals surface area contributed by atoms with Crippen molar-refractivity contribution >= 4 is 21.6 Å². The predicted molar refractivity (Wildman–Crippen MR) is 107 cm³/mol. The summed E-state index contributed by atoms with van der Waals surface area (Å²) in [6.45, 7) is 0.861. The van der Waals surface area contributed by atoms with Crippen LogP contribution in [-0.4, -0.2) is 54.1 Å². The first kappa shape index (κ1) is 21.4. The van der Waals surface area contributed by atoms with E-state index in [1.807, 2.05) is 0 Å². The van der Waals surface area contributed by atoms with E-state index in [4.69, 9.17) is 4.74 Å². The molecule has 0 saturated carbocycles. The monoisotopic (exact) mass is 433 g/mol. The predicted octanol–water partition coefficient (Wildman–Crippen LogP) is 2.00. The summed E-state index contributed by atoms with van der Waals surface area (Å²) in [6, 6.07) is 9.90. The molecule has 3 rings (SSSR count). The summed E-state index contributed by atoms with van der Waals surface area (Å²) in [5.74, 6) is -0.976. The number of hydrogen-bond acceptors (Lipinski definition) is 6. The average Bonchev–Trinajstić information content (AvgIpc) is 3.22. The molecule has 0 aliphatic heterocycles. The van der Waals surface area contributed by atoms with Gasteiger partial charge in [0.1, 0.15) is 35.7 Å². The fraction of sp³-hybridized carbons (Fsp3) is 0.211. The Kier molecular flexibility index (Phi) is 6.43. The molecular formula is C19H20FN5O4S. The summed E-state index contributed by atoms with van der Waals surface area (Å²) in [5, 5.41) is 6.63.